The summed E-state index contributed by atoms with van der Waals surface area (Å²) in [5.41, 5.74) is 8.46. The monoisotopic (exact) mass is 247 g/mol. The second kappa shape index (κ2) is 5.72. The van der Waals surface area contributed by atoms with E-state index in [0.29, 0.717) is 12.1 Å². The van der Waals surface area contributed by atoms with Gasteiger partial charge in [0.05, 0.1) is 0 Å². The molecule has 2 rings (SSSR count). The second-order valence-corrected chi connectivity index (χ2v) is 5.46. The zero-order valence-electron chi connectivity index (χ0n) is 11.8. The fourth-order valence-corrected chi connectivity index (χ4v) is 2.94. The Balaban J connectivity index is 2.19. The first-order valence-electron chi connectivity index (χ1n) is 6.86. The molecule has 1 fully saturated rings. The van der Waals surface area contributed by atoms with Crippen molar-refractivity contribution in [2.24, 2.45) is 5.73 Å². The molecule has 1 saturated heterocycles. The highest BCUT2D eigenvalue weighted by Crippen LogP contribution is 2.26. The maximum Gasteiger partial charge on any atom is 0.0399 e. The summed E-state index contributed by atoms with van der Waals surface area (Å²) in [6.45, 7) is 7.46. The van der Waals surface area contributed by atoms with Gasteiger partial charge in [-0.1, -0.05) is 18.2 Å². The van der Waals surface area contributed by atoms with Gasteiger partial charge in [-0.15, -0.1) is 0 Å². The Morgan fingerprint density at radius 3 is 2.67 bits per heavy atom. The fourth-order valence-electron chi connectivity index (χ4n) is 2.94. The lowest BCUT2D eigenvalue weighted by Gasteiger charge is -2.45. The van der Waals surface area contributed by atoms with Gasteiger partial charge in [-0.2, -0.15) is 0 Å². The van der Waals surface area contributed by atoms with Crippen LogP contribution in [0.2, 0.25) is 0 Å². The highest BCUT2D eigenvalue weighted by atomic mass is 15.3. The number of hydrogen-bond acceptors (Lipinski definition) is 3. The molecule has 0 bridgehead atoms. The lowest BCUT2D eigenvalue weighted by Crippen LogP contribution is -2.56. The van der Waals surface area contributed by atoms with Crippen molar-refractivity contribution in [3.05, 3.63) is 29.8 Å². The van der Waals surface area contributed by atoms with Crippen LogP contribution in [0.5, 0.6) is 0 Å². The lowest BCUT2D eigenvalue weighted by atomic mass is 10.0. The van der Waals surface area contributed by atoms with E-state index >= 15 is 0 Å². The fraction of sp³-hybridized carbons (Fsp3) is 0.600. The normalized spacial score (nSPS) is 25.4. The van der Waals surface area contributed by atoms with Gasteiger partial charge < -0.3 is 10.6 Å². The summed E-state index contributed by atoms with van der Waals surface area (Å²) in [7, 11) is 2.21. The predicted molar refractivity (Wildman–Crippen MR) is 78.1 cm³/mol. The van der Waals surface area contributed by atoms with Crippen molar-refractivity contribution >= 4 is 5.69 Å². The molecule has 1 heterocycles. The smallest absolute Gasteiger partial charge is 0.0399 e. The summed E-state index contributed by atoms with van der Waals surface area (Å²) < 4.78 is 0. The van der Waals surface area contributed by atoms with Gasteiger partial charge in [0, 0.05) is 30.9 Å². The number of piperazine rings is 1. The second-order valence-electron chi connectivity index (χ2n) is 5.46. The summed E-state index contributed by atoms with van der Waals surface area (Å²) >= 11 is 0. The van der Waals surface area contributed by atoms with E-state index in [1.807, 2.05) is 0 Å². The number of para-hydroxylation sites is 1. The van der Waals surface area contributed by atoms with Crippen molar-refractivity contribution in [2.75, 3.05) is 31.6 Å². The molecule has 0 amide bonds. The van der Waals surface area contributed by atoms with Crippen molar-refractivity contribution < 1.29 is 0 Å². The number of likely N-dealkylation sites (N-methyl/N-ethyl adjacent to an activating group) is 1. The Hall–Kier alpha value is -1.06. The molecule has 0 aliphatic carbocycles. The molecule has 2 atom stereocenters. The van der Waals surface area contributed by atoms with E-state index < -0.39 is 0 Å². The van der Waals surface area contributed by atoms with Gasteiger partial charge in [0.15, 0.2) is 0 Å². The molecule has 0 aromatic heterocycles. The van der Waals surface area contributed by atoms with Crippen molar-refractivity contribution in [2.45, 2.75) is 32.4 Å². The maximum absolute atomic E-state index is 5.73. The molecular weight excluding hydrogens is 222 g/mol. The van der Waals surface area contributed by atoms with E-state index in [1.165, 1.54) is 11.3 Å². The third kappa shape index (κ3) is 2.68. The van der Waals surface area contributed by atoms with Crippen LogP contribution in [-0.2, 0) is 0 Å². The maximum atomic E-state index is 5.73. The molecule has 100 valence electrons. The molecule has 1 aromatic carbocycles. The average molecular weight is 247 g/mol. The summed E-state index contributed by atoms with van der Waals surface area (Å²) in [6.07, 6.45) is 1.08. The summed E-state index contributed by atoms with van der Waals surface area (Å²) in [5, 5.41) is 0. The zero-order valence-corrected chi connectivity index (χ0v) is 11.8. The van der Waals surface area contributed by atoms with Crippen molar-refractivity contribution in [1.82, 2.24) is 4.90 Å². The Morgan fingerprint density at radius 2 is 2.00 bits per heavy atom. The van der Waals surface area contributed by atoms with Gasteiger partial charge in [0.2, 0.25) is 0 Å². The van der Waals surface area contributed by atoms with E-state index in [2.05, 4.69) is 55.0 Å². The van der Waals surface area contributed by atoms with E-state index in [1.54, 1.807) is 0 Å². The molecule has 0 saturated carbocycles. The first kappa shape index (κ1) is 13.4. The largest absolute Gasteiger partial charge is 0.366 e. The molecule has 1 aliphatic rings. The van der Waals surface area contributed by atoms with Gasteiger partial charge in [0.25, 0.3) is 0 Å². The standard InChI is InChI=1S/C15H25N3/c1-12-6-4-5-7-15(12)18-11-14(8-9-16)17(3)10-13(18)2/h4-7,13-14H,8-11,16H2,1-3H3. The highest BCUT2D eigenvalue weighted by molar-refractivity contribution is 5.54. The Kier molecular flexibility index (Phi) is 4.25. The van der Waals surface area contributed by atoms with Crippen LogP contribution in [-0.4, -0.2) is 43.7 Å². The van der Waals surface area contributed by atoms with Crippen LogP contribution in [0.4, 0.5) is 5.69 Å². The van der Waals surface area contributed by atoms with Crippen LogP contribution < -0.4 is 10.6 Å². The third-order valence-corrected chi connectivity index (χ3v) is 4.04. The van der Waals surface area contributed by atoms with Crippen LogP contribution >= 0.6 is 0 Å². The SMILES string of the molecule is Cc1ccccc1N1CC(CCN)N(C)CC1C. The first-order chi connectivity index (χ1) is 8.63. The molecule has 1 aromatic rings. The Bertz CT molecular complexity index is 391. The third-order valence-electron chi connectivity index (χ3n) is 4.04. The van der Waals surface area contributed by atoms with Crippen molar-refractivity contribution in [1.29, 1.82) is 0 Å². The molecular formula is C15H25N3. The molecule has 1 aliphatic heterocycles. The average Bonchev–Trinajstić information content (AvgIpc) is 2.34. The number of nitrogens with zero attached hydrogens (tertiary/aromatic N) is 2. The number of rotatable bonds is 3. The summed E-state index contributed by atoms with van der Waals surface area (Å²) in [5.74, 6) is 0. The first-order valence-corrected chi connectivity index (χ1v) is 6.86. The van der Waals surface area contributed by atoms with Crippen LogP contribution in [0.25, 0.3) is 0 Å². The Labute approximate surface area is 111 Å². The number of aryl methyl sites for hydroxylation is 1. The number of anilines is 1. The van der Waals surface area contributed by atoms with Crippen molar-refractivity contribution in [3.8, 4) is 0 Å². The molecule has 18 heavy (non-hydrogen) atoms. The zero-order chi connectivity index (χ0) is 13.1. The van der Waals surface area contributed by atoms with Gasteiger partial charge in [-0.25, -0.2) is 0 Å². The van der Waals surface area contributed by atoms with E-state index in [-0.39, 0.29) is 0 Å². The minimum atomic E-state index is 0.560. The molecule has 2 unspecified atom stereocenters. The number of hydrogen-bond donors (Lipinski definition) is 1. The van der Waals surface area contributed by atoms with Crippen LogP contribution in [0.1, 0.15) is 18.9 Å². The molecule has 0 spiro atoms. The van der Waals surface area contributed by atoms with E-state index in [0.717, 1.165) is 26.1 Å². The minimum absolute atomic E-state index is 0.560. The summed E-state index contributed by atoms with van der Waals surface area (Å²) in [6, 6.07) is 9.80. The molecule has 3 nitrogen and oxygen atoms in total. The van der Waals surface area contributed by atoms with Crippen molar-refractivity contribution in [3.63, 3.8) is 0 Å². The van der Waals surface area contributed by atoms with Crippen LogP contribution in [0.15, 0.2) is 24.3 Å². The van der Waals surface area contributed by atoms with Gasteiger partial charge >= 0.3 is 0 Å². The van der Waals surface area contributed by atoms with Gasteiger partial charge in [-0.3, -0.25) is 4.90 Å². The van der Waals surface area contributed by atoms with E-state index in [4.69, 9.17) is 5.73 Å². The van der Waals surface area contributed by atoms with Gasteiger partial charge in [-0.05, 0) is 45.5 Å². The molecule has 0 radical (unpaired) electrons. The molecule has 2 N–H and O–H groups in total. The summed E-state index contributed by atoms with van der Waals surface area (Å²) in [4.78, 5) is 4.99. The predicted octanol–water partition coefficient (Wildman–Crippen LogP) is 1.85. The lowest BCUT2D eigenvalue weighted by molar-refractivity contribution is 0.185. The van der Waals surface area contributed by atoms with Gasteiger partial charge in [0.1, 0.15) is 0 Å². The number of benzene rings is 1. The number of nitrogens with two attached hydrogens (primary N) is 1. The minimum Gasteiger partial charge on any atom is -0.366 e. The van der Waals surface area contributed by atoms with E-state index in [9.17, 15) is 0 Å². The Morgan fingerprint density at radius 1 is 1.28 bits per heavy atom. The quantitative estimate of drug-likeness (QED) is 0.885. The highest BCUT2D eigenvalue weighted by Gasteiger charge is 2.29. The topological polar surface area (TPSA) is 32.5 Å². The van der Waals surface area contributed by atoms with Crippen LogP contribution in [0, 0.1) is 6.92 Å². The molecule has 3 heteroatoms. The van der Waals surface area contributed by atoms with Crippen LogP contribution in [0.3, 0.4) is 0 Å².